The van der Waals surface area contributed by atoms with Crippen LogP contribution in [0.3, 0.4) is 0 Å². The van der Waals surface area contributed by atoms with Crippen LogP contribution in [-0.2, 0) is 16.9 Å². The number of aromatic nitrogens is 2. The molecule has 0 amide bonds. The lowest BCUT2D eigenvalue weighted by molar-refractivity contribution is -0.0658. The first kappa shape index (κ1) is 13.5. The number of ether oxygens (including phenoxy) is 1. The Morgan fingerprint density at radius 1 is 1.56 bits per heavy atom. The van der Waals surface area contributed by atoms with Gasteiger partial charge in [0.05, 0.1) is 6.54 Å². The lowest BCUT2D eigenvalue weighted by Gasteiger charge is -2.36. The topological polar surface area (TPSA) is 60.2 Å². The first-order valence-electron chi connectivity index (χ1n) is 6.79. The van der Waals surface area contributed by atoms with E-state index >= 15 is 0 Å². The zero-order valence-electron chi connectivity index (χ0n) is 11.5. The summed E-state index contributed by atoms with van der Waals surface area (Å²) in [4.78, 5) is 4.48. The van der Waals surface area contributed by atoms with Crippen LogP contribution >= 0.6 is 0 Å². The Labute approximate surface area is 108 Å². The Balaban J connectivity index is 2.13. The summed E-state index contributed by atoms with van der Waals surface area (Å²) in [6.45, 7) is 5.83. The zero-order chi connectivity index (χ0) is 13.0. The summed E-state index contributed by atoms with van der Waals surface area (Å²) in [6, 6.07) is 0. The van der Waals surface area contributed by atoms with Gasteiger partial charge in [0.15, 0.2) is 0 Å². The molecule has 2 unspecified atom stereocenters. The first-order valence-corrected chi connectivity index (χ1v) is 6.79. The Kier molecular flexibility index (Phi) is 4.35. The molecule has 102 valence electrons. The summed E-state index contributed by atoms with van der Waals surface area (Å²) in [5, 5.41) is 7.30. The fourth-order valence-corrected chi connectivity index (χ4v) is 2.73. The number of rotatable bonds is 5. The lowest BCUT2D eigenvalue weighted by atomic mass is 9.78. The second kappa shape index (κ2) is 5.80. The quantitative estimate of drug-likeness (QED) is 0.872. The third kappa shape index (κ3) is 2.72. The zero-order valence-corrected chi connectivity index (χ0v) is 11.5. The van der Waals surface area contributed by atoms with E-state index in [1.54, 1.807) is 7.11 Å². The summed E-state index contributed by atoms with van der Waals surface area (Å²) >= 11 is 0. The molecule has 0 radical (unpaired) electrons. The normalized spacial score (nSPS) is 28.5. The van der Waals surface area contributed by atoms with Crippen molar-refractivity contribution < 1.29 is 9.26 Å². The first-order chi connectivity index (χ1) is 8.70. The van der Waals surface area contributed by atoms with Gasteiger partial charge in [-0.25, -0.2) is 0 Å². The Morgan fingerprint density at radius 3 is 3.06 bits per heavy atom. The minimum Gasteiger partial charge on any atom is -0.370 e. The molecule has 5 nitrogen and oxygen atoms in total. The molecule has 18 heavy (non-hydrogen) atoms. The van der Waals surface area contributed by atoms with Gasteiger partial charge in [-0.3, -0.25) is 0 Å². The summed E-state index contributed by atoms with van der Waals surface area (Å²) in [5.74, 6) is 2.00. The van der Waals surface area contributed by atoms with Gasteiger partial charge in [-0.2, -0.15) is 4.98 Å². The van der Waals surface area contributed by atoms with Crippen LogP contribution in [0.25, 0.3) is 0 Å². The molecular weight excluding hydrogens is 230 g/mol. The monoisotopic (exact) mass is 253 g/mol. The van der Waals surface area contributed by atoms with Crippen LogP contribution in [0.4, 0.5) is 0 Å². The number of hydrogen-bond acceptors (Lipinski definition) is 5. The van der Waals surface area contributed by atoms with Gasteiger partial charge >= 0.3 is 0 Å². The van der Waals surface area contributed by atoms with E-state index in [1.165, 1.54) is 6.42 Å². The van der Waals surface area contributed by atoms with Crippen LogP contribution in [0, 0.1) is 5.92 Å². The van der Waals surface area contributed by atoms with E-state index in [0.29, 0.717) is 24.2 Å². The highest BCUT2D eigenvalue weighted by Crippen LogP contribution is 2.41. The smallest absolute Gasteiger partial charge is 0.240 e. The standard InChI is InChI=1S/C13H23N3O2/c1-4-14-9-11-15-12(16-18-11)13(17-3)7-5-6-10(2)8-13/h10,14H,4-9H2,1-3H3. The van der Waals surface area contributed by atoms with Gasteiger partial charge in [0, 0.05) is 7.11 Å². The molecular formula is C13H23N3O2. The van der Waals surface area contributed by atoms with E-state index in [4.69, 9.17) is 9.26 Å². The molecule has 5 heteroatoms. The van der Waals surface area contributed by atoms with Gasteiger partial charge in [-0.15, -0.1) is 0 Å². The van der Waals surface area contributed by atoms with Gasteiger partial charge in [-0.05, 0) is 31.7 Å². The molecule has 1 heterocycles. The molecule has 1 aliphatic rings. The fourth-order valence-electron chi connectivity index (χ4n) is 2.73. The molecule has 2 atom stereocenters. The Bertz CT molecular complexity index is 380. The Hall–Kier alpha value is -0.940. The highest BCUT2D eigenvalue weighted by molar-refractivity contribution is 5.04. The van der Waals surface area contributed by atoms with Crippen molar-refractivity contribution in [2.45, 2.75) is 51.7 Å². The van der Waals surface area contributed by atoms with Crippen molar-refractivity contribution in [2.24, 2.45) is 5.92 Å². The molecule has 0 aromatic carbocycles. The molecule has 1 aromatic heterocycles. The van der Waals surface area contributed by atoms with Crippen molar-refractivity contribution in [1.29, 1.82) is 0 Å². The summed E-state index contributed by atoms with van der Waals surface area (Å²) < 4.78 is 11.0. The van der Waals surface area contributed by atoms with Crippen molar-refractivity contribution in [3.8, 4) is 0 Å². The average molecular weight is 253 g/mol. The SMILES string of the molecule is CCNCc1nc(C2(OC)CCCC(C)C2)no1. The molecule has 0 bridgehead atoms. The van der Waals surface area contributed by atoms with Crippen molar-refractivity contribution in [3.05, 3.63) is 11.7 Å². The third-order valence-electron chi connectivity index (χ3n) is 3.75. The van der Waals surface area contributed by atoms with Gasteiger partial charge in [-0.1, -0.05) is 25.4 Å². The number of hydrogen-bond donors (Lipinski definition) is 1. The van der Waals surface area contributed by atoms with Gasteiger partial charge in [0.2, 0.25) is 11.7 Å². The summed E-state index contributed by atoms with van der Waals surface area (Å²) in [5.41, 5.74) is -0.342. The van der Waals surface area contributed by atoms with Crippen LogP contribution < -0.4 is 5.32 Å². The lowest BCUT2D eigenvalue weighted by Crippen LogP contribution is -2.35. The number of nitrogens with zero attached hydrogens (tertiary/aromatic N) is 2. The van der Waals surface area contributed by atoms with Gasteiger partial charge < -0.3 is 14.6 Å². The van der Waals surface area contributed by atoms with Crippen LogP contribution in [-0.4, -0.2) is 23.8 Å². The van der Waals surface area contributed by atoms with Crippen LogP contribution in [0.5, 0.6) is 0 Å². The van der Waals surface area contributed by atoms with Crippen LogP contribution in [0.15, 0.2) is 4.52 Å². The molecule has 1 N–H and O–H groups in total. The maximum absolute atomic E-state index is 5.75. The molecule has 0 saturated heterocycles. The minimum absolute atomic E-state index is 0.342. The molecule has 2 rings (SSSR count). The number of nitrogens with one attached hydrogen (secondary N) is 1. The van der Waals surface area contributed by atoms with E-state index in [-0.39, 0.29) is 5.60 Å². The van der Waals surface area contributed by atoms with Crippen molar-refractivity contribution in [1.82, 2.24) is 15.5 Å². The fraction of sp³-hybridized carbons (Fsp3) is 0.846. The highest BCUT2D eigenvalue weighted by Gasteiger charge is 2.40. The molecule has 1 aromatic rings. The summed E-state index contributed by atoms with van der Waals surface area (Å²) in [7, 11) is 1.75. The van der Waals surface area contributed by atoms with E-state index < -0.39 is 0 Å². The second-order valence-corrected chi connectivity index (χ2v) is 5.19. The van der Waals surface area contributed by atoms with E-state index in [2.05, 4.69) is 29.3 Å². The third-order valence-corrected chi connectivity index (χ3v) is 3.75. The predicted octanol–water partition coefficient (Wildman–Crippen LogP) is 2.23. The molecule has 0 aliphatic heterocycles. The predicted molar refractivity (Wildman–Crippen MR) is 68.0 cm³/mol. The van der Waals surface area contributed by atoms with Gasteiger partial charge in [0.1, 0.15) is 5.60 Å². The van der Waals surface area contributed by atoms with E-state index in [0.717, 1.165) is 25.8 Å². The average Bonchev–Trinajstić information content (AvgIpc) is 2.85. The molecule has 1 fully saturated rings. The van der Waals surface area contributed by atoms with Crippen LogP contribution in [0.1, 0.15) is 51.2 Å². The largest absolute Gasteiger partial charge is 0.370 e. The van der Waals surface area contributed by atoms with E-state index in [1.807, 2.05) is 0 Å². The maximum Gasteiger partial charge on any atom is 0.240 e. The minimum atomic E-state index is -0.342. The van der Waals surface area contributed by atoms with Gasteiger partial charge in [0.25, 0.3) is 0 Å². The second-order valence-electron chi connectivity index (χ2n) is 5.19. The summed E-state index contributed by atoms with van der Waals surface area (Å²) in [6.07, 6.45) is 4.37. The molecule has 1 saturated carbocycles. The molecule has 0 spiro atoms. The highest BCUT2D eigenvalue weighted by atomic mass is 16.5. The Morgan fingerprint density at radius 2 is 2.39 bits per heavy atom. The van der Waals surface area contributed by atoms with E-state index in [9.17, 15) is 0 Å². The number of methoxy groups -OCH3 is 1. The maximum atomic E-state index is 5.75. The van der Waals surface area contributed by atoms with Crippen molar-refractivity contribution in [3.63, 3.8) is 0 Å². The molecule has 1 aliphatic carbocycles. The van der Waals surface area contributed by atoms with Crippen LogP contribution in [0.2, 0.25) is 0 Å². The van der Waals surface area contributed by atoms with Crippen molar-refractivity contribution in [2.75, 3.05) is 13.7 Å². The van der Waals surface area contributed by atoms with Crippen molar-refractivity contribution >= 4 is 0 Å².